The molecule has 0 heterocycles. The maximum Gasteiger partial charge on any atom is 0.154 e. The second kappa shape index (κ2) is 20.9. The fourth-order valence-electron chi connectivity index (χ4n) is 1.63. The number of hydrogen-bond donors (Lipinski definition) is 0. The van der Waals surface area contributed by atoms with Crippen LogP contribution in [0.5, 0.6) is 0 Å². The van der Waals surface area contributed by atoms with Crippen LogP contribution in [0.1, 0.15) is 66.2 Å². The summed E-state index contributed by atoms with van der Waals surface area (Å²) in [7, 11) is 0. The molecule has 4 nitrogen and oxygen atoms in total. The molecular weight excluding hydrogens is 256 g/mol. The number of ether oxygens (including phenoxy) is 3. The Labute approximate surface area is 125 Å². The number of rotatable bonds is 13. The number of aldehydes is 1. The Bertz CT molecular complexity index is 168. The molecule has 0 saturated heterocycles. The third kappa shape index (κ3) is 22.7. The first-order valence-corrected chi connectivity index (χ1v) is 7.97. The molecule has 0 aliphatic heterocycles. The van der Waals surface area contributed by atoms with E-state index in [2.05, 4.69) is 6.92 Å². The maximum absolute atomic E-state index is 9.85. The lowest BCUT2D eigenvalue weighted by Crippen LogP contribution is -2.11. The van der Waals surface area contributed by atoms with Gasteiger partial charge in [0.05, 0.1) is 0 Å². The van der Waals surface area contributed by atoms with Gasteiger partial charge in [0.1, 0.15) is 12.9 Å². The van der Waals surface area contributed by atoms with E-state index in [9.17, 15) is 4.79 Å². The van der Waals surface area contributed by atoms with E-state index < -0.39 is 0 Å². The molecule has 0 aliphatic rings. The van der Waals surface area contributed by atoms with Crippen LogP contribution in [0, 0.1) is 0 Å². The molecule has 0 bridgehead atoms. The van der Waals surface area contributed by atoms with E-state index in [1.54, 1.807) is 0 Å². The summed E-state index contributed by atoms with van der Waals surface area (Å²) >= 11 is 0. The Morgan fingerprint density at radius 2 is 1.45 bits per heavy atom. The summed E-state index contributed by atoms with van der Waals surface area (Å²) < 4.78 is 15.1. The molecule has 0 atom stereocenters. The molecule has 122 valence electrons. The van der Waals surface area contributed by atoms with Gasteiger partial charge in [-0.15, -0.1) is 0 Å². The van der Waals surface area contributed by atoms with Crippen LogP contribution in [0.3, 0.4) is 0 Å². The van der Waals surface area contributed by atoms with E-state index in [0.717, 1.165) is 32.5 Å². The molecule has 4 heteroatoms. The average molecular weight is 290 g/mol. The average Bonchev–Trinajstić information content (AvgIpc) is 2.43. The van der Waals surface area contributed by atoms with Gasteiger partial charge in [0, 0.05) is 19.8 Å². The highest BCUT2D eigenvalue weighted by molar-refractivity contribution is 5.50. The monoisotopic (exact) mass is 290 g/mol. The molecule has 0 N–H and O–H groups in total. The predicted octanol–water partition coefficient (Wildman–Crippen LogP) is 3.97. The predicted molar refractivity (Wildman–Crippen MR) is 83.0 cm³/mol. The van der Waals surface area contributed by atoms with Gasteiger partial charge in [0.15, 0.2) is 6.29 Å². The second-order valence-corrected chi connectivity index (χ2v) is 4.49. The molecule has 0 aliphatic carbocycles. The Morgan fingerprint density at radius 1 is 0.900 bits per heavy atom. The lowest BCUT2D eigenvalue weighted by atomic mass is 10.1. The molecule has 0 radical (unpaired) electrons. The van der Waals surface area contributed by atoms with Crippen molar-refractivity contribution in [3.8, 4) is 0 Å². The topological polar surface area (TPSA) is 44.8 Å². The number of unbranched alkanes of at least 4 members (excludes halogenated alkanes) is 5. The summed E-state index contributed by atoms with van der Waals surface area (Å²) in [5, 5.41) is 0. The highest BCUT2D eigenvalue weighted by Crippen LogP contribution is 2.04. The van der Waals surface area contributed by atoms with E-state index in [1.807, 2.05) is 20.8 Å². The minimum atomic E-state index is -0.0370. The highest BCUT2D eigenvalue weighted by atomic mass is 16.7. The van der Waals surface area contributed by atoms with Gasteiger partial charge in [0.2, 0.25) is 0 Å². The first kappa shape index (κ1) is 21.8. The van der Waals surface area contributed by atoms with E-state index in [4.69, 9.17) is 14.2 Å². The van der Waals surface area contributed by atoms with Crippen LogP contribution in [0.25, 0.3) is 0 Å². The van der Waals surface area contributed by atoms with Crippen molar-refractivity contribution in [1.82, 2.24) is 0 Å². The summed E-state index contributed by atoms with van der Waals surface area (Å²) in [4.78, 5) is 9.85. The molecular formula is C16H34O4. The molecule has 0 aromatic carbocycles. The second-order valence-electron chi connectivity index (χ2n) is 4.49. The van der Waals surface area contributed by atoms with Gasteiger partial charge in [-0.25, -0.2) is 0 Å². The number of hydrogen-bond acceptors (Lipinski definition) is 4. The minimum absolute atomic E-state index is 0.0370. The molecule has 0 rings (SSSR count). The zero-order valence-electron chi connectivity index (χ0n) is 13.9. The Balaban J connectivity index is 0. The molecule has 20 heavy (non-hydrogen) atoms. The fraction of sp³-hybridized carbons (Fsp3) is 0.938. The number of carbonyl (C=O) groups excluding carboxylic acids is 1. The van der Waals surface area contributed by atoms with Crippen LogP contribution < -0.4 is 0 Å². The van der Waals surface area contributed by atoms with Gasteiger partial charge in [-0.3, -0.25) is 0 Å². The van der Waals surface area contributed by atoms with Crippen LogP contribution in [0.2, 0.25) is 0 Å². The zero-order chi connectivity index (χ0) is 15.5. The fourth-order valence-corrected chi connectivity index (χ4v) is 1.63. The van der Waals surface area contributed by atoms with Gasteiger partial charge in [-0.2, -0.15) is 0 Å². The highest BCUT2D eigenvalue weighted by Gasteiger charge is 1.94. The van der Waals surface area contributed by atoms with Crippen molar-refractivity contribution in [1.29, 1.82) is 0 Å². The van der Waals surface area contributed by atoms with E-state index in [1.165, 1.54) is 32.1 Å². The van der Waals surface area contributed by atoms with Crippen molar-refractivity contribution < 1.29 is 19.0 Å². The first-order valence-electron chi connectivity index (χ1n) is 7.97. The van der Waals surface area contributed by atoms with Crippen LogP contribution in [-0.2, 0) is 19.0 Å². The first-order chi connectivity index (χ1) is 9.72. The molecule has 0 saturated carbocycles. The lowest BCUT2D eigenvalue weighted by Gasteiger charge is -2.09. The van der Waals surface area contributed by atoms with Crippen molar-refractivity contribution in [3.63, 3.8) is 0 Å². The summed E-state index contributed by atoms with van der Waals surface area (Å²) in [5.74, 6) is 0. The summed E-state index contributed by atoms with van der Waals surface area (Å²) in [6.45, 7) is 10.5. The minimum Gasteiger partial charge on any atom is -0.374 e. The van der Waals surface area contributed by atoms with Gasteiger partial charge < -0.3 is 19.0 Å². The normalized spacial score (nSPS) is 10.2. The van der Waals surface area contributed by atoms with Gasteiger partial charge >= 0.3 is 0 Å². The Morgan fingerprint density at radius 3 is 1.95 bits per heavy atom. The summed E-state index contributed by atoms with van der Waals surface area (Å²) in [6, 6.07) is 0. The molecule has 0 fully saturated rings. The Kier molecular flexibility index (Phi) is 22.8. The van der Waals surface area contributed by atoms with Gasteiger partial charge in [-0.1, -0.05) is 39.0 Å². The van der Waals surface area contributed by atoms with E-state index in [-0.39, 0.29) is 12.9 Å². The third-order valence-corrected chi connectivity index (χ3v) is 2.63. The van der Waals surface area contributed by atoms with E-state index >= 15 is 0 Å². The Hall–Kier alpha value is -0.450. The molecule has 0 aromatic heterocycles. The maximum atomic E-state index is 9.85. The molecule has 0 amide bonds. The lowest BCUT2D eigenvalue weighted by molar-refractivity contribution is -0.123. The summed E-state index contributed by atoms with van der Waals surface area (Å²) in [6.07, 6.45) is 8.37. The SMILES string of the molecule is CCCCCCCCOCC=O.CCOC(C)OCC. The van der Waals surface area contributed by atoms with Crippen LogP contribution >= 0.6 is 0 Å². The molecule has 0 unspecified atom stereocenters. The van der Waals surface area contributed by atoms with Crippen molar-refractivity contribution in [2.75, 3.05) is 26.4 Å². The molecule has 0 spiro atoms. The van der Waals surface area contributed by atoms with Crippen molar-refractivity contribution in [2.45, 2.75) is 72.5 Å². The van der Waals surface area contributed by atoms with Crippen LogP contribution in [-0.4, -0.2) is 39.0 Å². The van der Waals surface area contributed by atoms with Crippen LogP contribution in [0.15, 0.2) is 0 Å². The third-order valence-electron chi connectivity index (χ3n) is 2.63. The molecule has 0 aromatic rings. The standard InChI is InChI=1S/C10H20O2.C6H14O2/c1-2-3-4-5-6-7-9-12-10-8-11;1-4-7-6(3)8-5-2/h8H,2-7,9-10H2,1H3;6H,4-5H2,1-3H3. The van der Waals surface area contributed by atoms with Gasteiger partial charge in [0.25, 0.3) is 0 Å². The largest absolute Gasteiger partial charge is 0.374 e. The van der Waals surface area contributed by atoms with Crippen LogP contribution in [0.4, 0.5) is 0 Å². The zero-order valence-corrected chi connectivity index (χ0v) is 13.9. The van der Waals surface area contributed by atoms with Gasteiger partial charge in [-0.05, 0) is 27.2 Å². The van der Waals surface area contributed by atoms with E-state index in [0.29, 0.717) is 0 Å². The van der Waals surface area contributed by atoms with Crippen molar-refractivity contribution >= 4 is 6.29 Å². The van der Waals surface area contributed by atoms with Crippen molar-refractivity contribution in [3.05, 3.63) is 0 Å². The number of carbonyl (C=O) groups is 1. The quantitative estimate of drug-likeness (QED) is 0.292. The summed E-state index contributed by atoms with van der Waals surface area (Å²) in [5.41, 5.74) is 0. The smallest absolute Gasteiger partial charge is 0.154 e. The van der Waals surface area contributed by atoms with Crippen molar-refractivity contribution in [2.24, 2.45) is 0 Å².